The summed E-state index contributed by atoms with van der Waals surface area (Å²) in [7, 11) is 0. The number of nitrogens with two attached hydrogens (primary N) is 1. The van der Waals surface area contributed by atoms with Gasteiger partial charge in [-0.1, -0.05) is 48.0 Å². The summed E-state index contributed by atoms with van der Waals surface area (Å²) in [4.78, 5) is 0. The van der Waals surface area contributed by atoms with Crippen LogP contribution in [0.25, 0.3) is 0 Å². The molecule has 76 valence electrons. The lowest BCUT2D eigenvalue weighted by molar-refractivity contribution is 0.390. The van der Waals surface area contributed by atoms with Crippen molar-refractivity contribution in [3.8, 4) is 0 Å². The molecule has 14 heavy (non-hydrogen) atoms. The van der Waals surface area contributed by atoms with Crippen molar-refractivity contribution in [1.29, 1.82) is 0 Å². The second kappa shape index (κ2) is 3.07. The van der Waals surface area contributed by atoms with Crippen LogP contribution in [0.15, 0.2) is 28.7 Å². The maximum atomic E-state index is 6.30. The first-order valence-corrected chi connectivity index (χ1v) is 5.81. The fraction of sp³-hybridized carbons (Fsp3) is 0.500. The van der Waals surface area contributed by atoms with Crippen molar-refractivity contribution in [2.45, 2.75) is 37.6 Å². The predicted molar refractivity (Wildman–Crippen MR) is 63.3 cm³/mol. The van der Waals surface area contributed by atoms with Crippen LogP contribution in [0.2, 0.25) is 0 Å². The zero-order chi connectivity index (χ0) is 10.4. The molecule has 0 unspecified atom stereocenters. The molecule has 2 heteroatoms. The molecule has 0 heterocycles. The summed E-state index contributed by atoms with van der Waals surface area (Å²) in [6.45, 7) is 4.47. The molecule has 0 amide bonds. The van der Waals surface area contributed by atoms with E-state index < -0.39 is 0 Å². The SMILES string of the molecule is CC(C)(c1ccccc1Br)C1(N)CC1. The molecule has 1 saturated carbocycles. The van der Waals surface area contributed by atoms with Gasteiger partial charge in [-0.05, 0) is 24.5 Å². The van der Waals surface area contributed by atoms with Gasteiger partial charge in [-0.15, -0.1) is 0 Å². The van der Waals surface area contributed by atoms with E-state index in [4.69, 9.17) is 5.73 Å². The molecule has 0 saturated heterocycles. The van der Waals surface area contributed by atoms with Crippen LogP contribution < -0.4 is 5.73 Å². The van der Waals surface area contributed by atoms with Gasteiger partial charge < -0.3 is 5.73 Å². The van der Waals surface area contributed by atoms with Gasteiger partial charge in [-0.25, -0.2) is 0 Å². The largest absolute Gasteiger partial charge is 0.324 e. The van der Waals surface area contributed by atoms with Gasteiger partial charge in [-0.3, -0.25) is 0 Å². The highest BCUT2D eigenvalue weighted by Gasteiger charge is 2.52. The van der Waals surface area contributed by atoms with Crippen LogP contribution in [-0.4, -0.2) is 5.54 Å². The quantitative estimate of drug-likeness (QED) is 0.861. The summed E-state index contributed by atoms with van der Waals surface area (Å²) in [5.41, 5.74) is 7.70. The first-order valence-electron chi connectivity index (χ1n) is 5.01. The normalized spacial score (nSPS) is 19.4. The third-order valence-corrected chi connectivity index (χ3v) is 4.27. The summed E-state index contributed by atoms with van der Waals surface area (Å²) < 4.78 is 1.17. The van der Waals surface area contributed by atoms with Gasteiger partial charge >= 0.3 is 0 Å². The molecule has 0 bridgehead atoms. The number of hydrogen-bond acceptors (Lipinski definition) is 1. The van der Waals surface area contributed by atoms with Crippen LogP contribution in [0.4, 0.5) is 0 Å². The van der Waals surface area contributed by atoms with Crippen molar-refractivity contribution >= 4 is 15.9 Å². The third kappa shape index (κ3) is 1.41. The lowest BCUT2D eigenvalue weighted by atomic mass is 9.76. The van der Waals surface area contributed by atoms with Gasteiger partial charge in [0.1, 0.15) is 0 Å². The fourth-order valence-electron chi connectivity index (χ4n) is 2.00. The Morgan fingerprint density at radius 2 is 1.86 bits per heavy atom. The molecule has 2 rings (SSSR count). The Hall–Kier alpha value is -0.340. The van der Waals surface area contributed by atoms with Crippen molar-refractivity contribution in [3.63, 3.8) is 0 Å². The van der Waals surface area contributed by atoms with E-state index in [-0.39, 0.29) is 11.0 Å². The standard InChI is InChI=1S/C12H16BrN/c1-11(2,12(14)7-8-12)9-5-3-4-6-10(9)13/h3-6H,7-8,14H2,1-2H3. The number of benzene rings is 1. The zero-order valence-corrected chi connectivity index (χ0v) is 10.3. The van der Waals surface area contributed by atoms with E-state index in [1.807, 2.05) is 6.07 Å². The minimum atomic E-state index is 0.0108. The topological polar surface area (TPSA) is 26.0 Å². The molecule has 1 nitrogen and oxygen atoms in total. The van der Waals surface area contributed by atoms with Crippen molar-refractivity contribution in [2.75, 3.05) is 0 Å². The van der Waals surface area contributed by atoms with Gasteiger partial charge in [-0.2, -0.15) is 0 Å². The lowest BCUT2D eigenvalue weighted by Crippen LogP contribution is -2.43. The van der Waals surface area contributed by atoms with Crippen LogP contribution in [0, 0.1) is 0 Å². The molecule has 0 radical (unpaired) electrons. The van der Waals surface area contributed by atoms with E-state index in [1.165, 1.54) is 10.0 Å². The van der Waals surface area contributed by atoms with Gasteiger partial charge in [0.15, 0.2) is 0 Å². The average molecular weight is 254 g/mol. The Kier molecular flexibility index (Phi) is 2.24. The highest BCUT2D eigenvalue weighted by atomic mass is 79.9. The van der Waals surface area contributed by atoms with Gasteiger partial charge in [0.25, 0.3) is 0 Å². The Morgan fingerprint density at radius 1 is 1.29 bits per heavy atom. The van der Waals surface area contributed by atoms with E-state index >= 15 is 0 Å². The van der Waals surface area contributed by atoms with E-state index in [2.05, 4.69) is 48.0 Å². The summed E-state index contributed by atoms with van der Waals surface area (Å²) in [5.74, 6) is 0. The highest BCUT2D eigenvalue weighted by Crippen LogP contribution is 2.50. The molecule has 1 aromatic rings. The molecule has 2 N–H and O–H groups in total. The minimum absolute atomic E-state index is 0.0108. The molecule has 1 fully saturated rings. The molecule has 1 aliphatic rings. The third-order valence-electron chi connectivity index (χ3n) is 3.58. The number of rotatable bonds is 2. The smallest absolute Gasteiger partial charge is 0.0248 e. The number of hydrogen-bond donors (Lipinski definition) is 1. The van der Waals surface area contributed by atoms with E-state index in [1.54, 1.807) is 0 Å². The van der Waals surface area contributed by atoms with Gasteiger partial charge in [0.2, 0.25) is 0 Å². The molecule has 0 aliphatic heterocycles. The van der Waals surface area contributed by atoms with Crippen LogP contribution in [0.5, 0.6) is 0 Å². The Morgan fingerprint density at radius 3 is 2.36 bits per heavy atom. The molecule has 1 aliphatic carbocycles. The van der Waals surface area contributed by atoms with Crippen LogP contribution in [0.1, 0.15) is 32.3 Å². The summed E-state index contributed by atoms with van der Waals surface area (Å²) in [5, 5.41) is 0. The Bertz CT molecular complexity index is 353. The predicted octanol–water partition coefficient (Wildman–Crippen LogP) is 3.22. The van der Waals surface area contributed by atoms with Crippen molar-refractivity contribution in [1.82, 2.24) is 0 Å². The van der Waals surface area contributed by atoms with Gasteiger partial charge in [0.05, 0.1) is 0 Å². The monoisotopic (exact) mass is 253 g/mol. The van der Waals surface area contributed by atoms with Crippen LogP contribution in [0.3, 0.4) is 0 Å². The molecular formula is C12H16BrN. The molecule has 0 aromatic heterocycles. The maximum Gasteiger partial charge on any atom is 0.0248 e. The van der Waals surface area contributed by atoms with Gasteiger partial charge in [0, 0.05) is 15.4 Å². The lowest BCUT2D eigenvalue weighted by Gasteiger charge is -2.33. The minimum Gasteiger partial charge on any atom is -0.324 e. The van der Waals surface area contributed by atoms with E-state index in [9.17, 15) is 0 Å². The van der Waals surface area contributed by atoms with Crippen molar-refractivity contribution in [2.24, 2.45) is 5.73 Å². The molecule has 0 atom stereocenters. The average Bonchev–Trinajstić information content (AvgIpc) is 2.86. The van der Waals surface area contributed by atoms with Crippen molar-refractivity contribution < 1.29 is 0 Å². The summed E-state index contributed by atoms with van der Waals surface area (Å²) >= 11 is 3.60. The second-order valence-electron chi connectivity index (χ2n) is 4.76. The Labute approximate surface area is 93.8 Å². The molecule has 1 aromatic carbocycles. The highest BCUT2D eigenvalue weighted by molar-refractivity contribution is 9.10. The zero-order valence-electron chi connectivity index (χ0n) is 8.68. The van der Waals surface area contributed by atoms with E-state index in [0.29, 0.717) is 0 Å². The number of halogens is 1. The maximum absolute atomic E-state index is 6.30. The van der Waals surface area contributed by atoms with Crippen LogP contribution >= 0.6 is 15.9 Å². The second-order valence-corrected chi connectivity index (χ2v) is 5.62. The molecular weight excluding hydrogens is 238 g/mol. The Balaban J connectivity index is 2.44. The van der Waals surface area contributed by atoms with Crippen molar-refractivity contribution in [3.05, 3.63) is 34.3 Å². The summed E-state index contributed by atoms with van der Waals surface area (Å²) in [6, 6.07) is 8.37. The molecule has 0 spiro atoms. The first kappa shape index (κ1) is 10.2. The van der Waals surface area contributed by atoms with E-state index in [0.717, 1.165) is 12.8 Å². The fourth-order valence-corrected chi connectivity index (χ4v) is 2.78. The first-order chi connectivity index (χ1) is 6.47. The summed E-state index contributed by atoms with van der Waals surface area (Å²) in [6.07, 6.45) is 2.28. The van der Waals surface area contributed by atoms with Crippen LogP contribution in [-0.2, 0) is 5.41 Å².